The van der Waals surface area contributed by atoms with Crippen LogP contribution in [-0.4, -0.2) is 39.4 Å². The second-order valence-corrected chi connectivity index (χ2v) is 6.92. The molecule has 1 aliphatic rings. The summed E-state index contributed by atoms with van der Waals surface area (Å²) in [5.41, 5.74) is -0.239. The van der Waals surface area contributed by atoms with Gasteiger partial charge < -0.3 is 4.90 Å². The topological polar surface area (TPSA) is 33.2 Å². The summed E-state index contributed by atoms with van der Waals surface area (Å²) in [6, 6.07) is 1.23. The molecule has 6 heteroatoms. The van der Waals surface area contributed by atoms with E-state index in [0.717, 1.165) is 18.4 Å². The molecule has 0 N–H and O–H groups in total. The summed E-state index contributed by atoms with van der Waals surface area (Å²) in [7, 11) is 0. The Morgan fingerprint density at radius 2 is 2.16 bits per heavy atom. The van der Waals surface area contributed by atoms with Crippen LogP contribution in [0, 0.1) is 11.8 Å². The van der Waals surface area contributed by atoms with E-state index in [1.54, 1.807) is 16.7 Å². The molecule has 0 spiro atoms. The molecule has 1 aromatic rings. The standard InChI is InChI=1S/C13H16F2N2OS/c1-13(2)4-6-17(7-8-19-13)12(18)9-3-5-16-11(15)10(9)14/h3,5H,4,6-8H2,1-2H3. The largest absolute Gasteiger partial charge is 0.338 e. The quantitative estimate of drug-likeness (QED) is 0.744. The van der Waals surface area contributed by atoms with Gasteiger partial charge in [0, 0.05) is 29.8 Å². The van der Waals surface area contributed by atoms with Gasteiger partial charge in [-0.15, -0.1) is 0 Å². The molecule has 0 radical (unpaired) electrons. The van der Waals surface area contributed by atoms with Crippen LogP contribution < -0.4 is 0 Å². The number of halogens is 2. The third-order valence-electron chi connectivity index (χ3n) is 3.20. The van der Waals surface area contributed by atoms with Crippen molar-refractivity contribution in [2.75, 3.05) is 18.8 Å². The second kappa shape index (κ2) is 5.45. The molecule has 0 saturated carbocycles. The summed E-state index contributed by atoms with van der Waals surface area (Å²) < 4.78 is 26.7. The summed E-state index contributed by atoms with van der Waals surface area (Å²) in [6.45, 7) is 5.36. The zero-order chi connectivity index (χ0) is 14.0. The molecule has 1 fully saturated rings. The molecule has 1 amide bonds. The summed E-state index contributed by atoms with van der Waals surface area (Å²) in [6.07, 6.45) is 1.95. The zero-order valence-corrected chi connectivity index (χ0v) is 11.8. The van der Waals surface area contributed by atoms with Crippen LogP contribution in [0.2, 0.25) is 0 Å². The SMILES string of the molecule is CC1(C)CCN(C(=O)c2ccnc(F)c2F)CCS1. The molecule has 1 aliphatic heterocycles. The van der Waals surface area contributed by atoms with Crippen LogP contribution in [-0.2, 0) is 0 Å². The predicted molar refractivity (Wildman–Crippen MR) is 71.2 cm³/mol. The fraction of sp³-hybridized carbons (Fsp3) is 0.538. The van der Waals surface area contributed by atoms with E-state index in [1.165, 1.54) is 6.07 Å². The first-order valence-corrected chi connectivity index (χ1v) is 7.12. The first kappa shape index (κ1) is 14.2. The smallest absolute Gasteiger partial charge is 0.257 e. The number of rotatable bonds is 1. The predicted octanol–water partition coefficient (Wildman–Crippen LogP) is 2.72. The summed E-state index contributed by atoms with van der Waals surface area (Å²) in [4.78, 5) is 17.0. The third kappa shape index (κ3) is 3.23. The van der Waals surface area contributed by atoms with Crippen LogP contribution in [0.25, 0.3) is 0 Å². The summed E-state index contributed by atoms with van der Waals surface area (Å²) in [5, 5.41) is 0. The van der Waals surface area contributed by atoms with Gasteiger partial charge in [-0.05, 0) is 12.5 Å². The van der Waals surface area contributed by atoms with E-state index in [1.807, 2.05) is 0 Å². The first-order chi connectivity index (χ1) is 8.91. The minimum absolute atomic E-state index is 0.108. The fourth-order valence-electron chi connectivity index (χ4n) is 1.98. The van der Waals surface area contributed by atoms with Gasteiger partial charge in [0.2, 0.25) is 5.95 Å². The molecule has 3 nitrogen and oxygen atoms in total. The van der Waals surface area contributed by atoms with E-state index >= 15 is 0 Å². The Labute approximate surface area is 115 Å². The maximum atomic E-state index is 13.6. The van der Waals surface area contributed by atoms with Crippen LogP contribution in [0.3, 0.4) is 0 Å². The van der Waals surface area contributed by atoms with E-state index < -0.39 is 17.7 Å². The van der Waals surface area contributed by atoms with Gasteiger partial charge in [-0.25, -0.2) is 9.37 Å². The number of hydrogen-bond acceptors (Lipinski definition) is 3. The van der Waals surface area contributed by atoms with Gasteiger partial charge in [-0.2, -0.15) is 16.2 Å². The van der Waals surface area contributed by atoms with E-state index in [4.69, 9.17) is 0 Å². The van der Waals surface area contributed by atoms with Crippen molar-refractivity contribution in [3.8, 4) is 0 Å². The molecule has 104 valence electrons. The van der Waals surface area contributed by atoms with Crippen molar-refractivity contribution in [2.45, 2.75) is 25.0 Å². The van der Waals surface area contributed by atoms with E-state index in [2.05, 4.69) is 18.8 Å². The van der Waals surface area contributed by atoms with Crippen molar-refractivity contribution in [3.05, 3.63) is 29.6 Å². The number of aromatic nitrogens is 1. The second-order valence-electron chi connectivity index (χ2n) is 5.11. The average Bonchev–Trinajstić information content (AvgIpc) is 2.53. The van der Waals surface area contributed by atoms with Crippen molar-refractivity contribution >= 4 is 17.7 Å². The Bertz CT molecular complexity index is 494. The summed E-state index contributed by atoms with van der Waals surface area (Å²) in [5.74, 6) is -2.05. The molecule has 1 aromatic heterocycles. The monoisotopic (exact) mass is 286 g/mol. The van der Waals surface area contributed by atoms with Crippen LogP contribution in [0.1, 0.15) is 30.6 Å². The molecule has 2 heterocycles. The van der Waals surface area contributed by atoms with Crippen LogP contribution in [0.4, 0.5) is 8.78 Å². The van der Waals surface area contributed by atoms with Crippen molar-refractivity contribution < 1.29 is 13.6 Å². The number of hydrogen-bond donors (Lipinski definition) is 0. The highest BCUT2D eigenvalue weighted by Crippen LogP contribution is 2.31. The molecule has 0 unspecified atom stereocenters. The van der Waals surface area contributed by atoms with E-state index in [-0.39, 0.29) is 10.3 Å². The summed E-state index contributed by atoms with van der Waals surface area (Å²) >= 11 is 1.79. The lowest BCUT2D eigenvalue weighted by molar-refractivity contribution is 0.0758. The van der Waals surface area contributed by atoms with E-state index in [9.17, 15) is 13.6 Å². The van der Waals surface area contributed by atoms with Gasteiger partial charge in [-0.1, -0.05) is 13.8 Å². The number of amides is 1. The molecule has 1 saturated heterocycles. The van der Waals surface area contributed by atoms with Crippen molar-refractivity contribution in [2.24, 2.45) is 0 Å². The van der Waals surface area contributed by atoms with Gasteiger partial charge in [0.1, 0.15) is 0 Å². The lowest BCUT2D eigenvalue weighted by Gasteiger charge is -2.22. The van der Waals surface area contributed by atoms with Crippen molar-refractivity contribution in [1.29, 1.82) is 0 Å². The number of carbonyl (C=O) groups is 1. The number of carbonyl (C=O) groups excluding carboxylic acids is 1. The Balaban J connectivity index is 2.18. The number of thioether (sulfide) groups is 1. The minimum atomic E-state index is -1.23. The maximum Gasteiger partial charge on any atom is 0.257 e. The van der Waals surface area contributed by atoms with Crippen LogP contribution >= 0.6 is 11.8 Å². The van der Waals surface area contributed by atoms with Crippen molar-refractivity contribution in [3.63, 3.8) is 0 Å². The highest BCUT2D eigenvalue weighted by molar-refractivity contribution is 8.00. The Morgan fingerprint density at radius 1 is 1.42 bits per heavy atom. The minimum Gasteiger partial charge on any atom is -0.338 e. The Morgan fingerprint density at radius 3 is 2.89 bits per heavy atom. The molecule has 0 bridgehead atoms. The molecule has 0 aliphatic carbocycles. The molecule has 19 heavy (non-hydrogen) atoms. The van der Waals surface area contributed by atoms with Gasteiger partial charge >= 0.3 is 0 Å². The lowest BCUT2D eigenvalue weighted by atomic mass is 10.1. The Kier molecular flexibility index (Phi) is 4.08. The molecule has 2 rings (SSSR count). The van der Waals surface area contributed by atoms with Gasteiger partial charge in [-0.3, -0.25) is 4.79 Å². The third-order valence-corrected chi connectivity index (χ3v) is 4.57. The maximum absolute atomic E-state index is 13.6. The molecule has 0 atom stereocenters. The Hall–Kier alpha value is -1.17. The molecular weight excluding hydrogens is 270 g/mol. The highest BCUT2D eigenvalue weighted by atomic mass is 32.2. The first-order valence-electron chi connectivity index (χ1n) is 6.14. The van der Waals surface area contributed by atoms with Crippen molar-refractivity contribution in [1.82, 2.24) is 9.88 Å². The van der Waals surface area contributed by atoms with Gasteiger partial charge in [0.05, 0.1) is 5.56 Å². The van der Waals surface area contributed by atoms with Crippen LogP contribution in [0.15, 0.2) is 12.3 Å². The highest BCUT2D eigenvalue weighted by Gasteiger charge is 2.28. The van der Waals surface area contributed by atoms with Gasteiger partial charge in [0.25, 0.3) is 5.91 Å². The molecular formula is C13H16F2N2OS. The average molecular weight is 286 g/mol. The fourth-order valence-corrected chi connectivity index (χ4v) is 3.08. The van der Waals surface area contributed by atoms with Crippen LogP contribution in [0.5, 0.6) is 0 Å². The molecule has 0 aromatic carbocycles. The zero-order valence-electron chi connectivity index (χ0n) is 10.9. The van der Waals surface area contributed by atoms with E-state index in [0.29, 0.717) is 13.1 Å². The lowest BCUT2D eigenvalue weighted by Crippen LogP contribution is -2.34. The van der Waals surface area contributed by atoms with Gasteiger partial charge in [0.15, 0.2) is 5.82 Å². The number of pyridine rings is 1. The normalized spacial score (nSPS) is 19.1. The number of nitrogens with zero attached hydrogens (tertiary/aromatic N) is 2.